The Bertz CT molecular complexity index is 1140. The highest BCUT2D eigenvalue weighted by molar-refractivity contribution is 6.11. The third-order valence-corrected chi connectivity index (χ3v) is 4.26. The lowest BCUT2D eigenvalue weighted by atomic mass is 10.0. The Hall–Kier alpha value is -4.40. The van der Waals surface area contributed by atoms with Crippen LogP contribution in [0.3, 0.4) is 0 Å². The number of benzene rings is 3. The number of rotatable bonds is 7. The molecule has 30 heavy (non-hydrogen) atoms. The van der Waals surface area contributed by atoms with Crippen LogP contribution in [-0.4, -0.2) is 35.8 Å². The van der Waals surface area contributed by atoms with Gasteiger partial charge in [-0.3, -0.25) is 9.59 Å². The molecule has 6 N–H and O–H groups in total. The molecule has 0 spiro atoms. The van der Waals surface area contributed by atoms with Gasteiger partial charge in [0, 0.05) is 11.3 Å². The fraction of sp³-hybridized carbons (Fsp3) is 0.0476. The summed E-state index contributed by atoms with van der Waals surface area (Å²) in [5, 5.41) is 22.0. The van der Waals surface area contributed by atoms with E-state index in [1.54, 1.807) is 54.6 Å². The van der Waals surface area contributed by atoms with Crippen molar-refractivity contribution >= 4 is 46.3 Å². The molecule has 0 heterocycles. The first kappa shape index (κ1) is 20.3. The zero-order valence-electron chi connectivity index (χ0n) is 15.8. The molecule has 3 aromatic carbocycles. The summed E-state index contributed by atoms with van der Waals surface area (Å²) >= 11 is 0. The summed E-state index contributed by atoms with van der Waals surface area (Å²) in [5.41, 5.74) is 1.08. The van der Waals surface area contributed by atoms with E-state index in [1.807, 2.05) is 0 Å². The van der Waals surface area contributed by atoms with Gasteiger partial charge in [0.25, 0.3) is 5.91 Å². The Morgan fingerprint density at radius 1 is 1.03 bits per heavy atom. The van der Waals surface area contributed by atoms with E-state index in [2.05, 4.69) is 21.1 Å². The molecule has 0 bridgehead atoms. The fourth-order valence-corrected chi connectivity index (χ4v) is 2.93. The quantitative estimate of drug-likeness (QED) is 0.176. The highest BCUT2D eigenvalue weighted by atomic mass is 16.4. The Kier molecular flexibility index (Phi) is 6.23. The number of fused-ring (bicyclic) bond motifs is 1. The zero-order valence-corrected chi connectivity index (χ0v) is 15.8. The van der Waals surface area contributed by atoms with Crippen molar-refractivity contribution in [2.75, 3.05) is 17.2 Å². The van der Waals surface area contributed by atoms with Crippen molar-refractivity contribution in [2.24, 2.45) is 10.9 Å². The maximum Gasteiger partial charge on any atom is 0.338 e. The molecule has 3 aromatic rings. The van der Waals surface area contributed by atoms with Gasteiger partial charge < -0.3 is 26.9 Å². The van der Waals surface area contributed by atoms with E-state index in [9.17, 15) is 19.5 Å². The number of amides is 2. The van der Waals surface area contributed by atoms with Gasteiger partial charge in [-0.25, -0.2) is 4.79 Å². The van der Waals surface area contributed by atoms with Gasteiger partial charge in [0.2, 0.25) is 5.91 Å². The van der Waals surface area contributed by atoms with Crippen LogP contribution in [0.4, 0.5) is 11.4 Å². The van der Waals surface area contributed by atoms with E-state index in [0.717, 1.165) is 5.39 Å². The largest absolute Gasteiger partial charge is 0.478 e. The molecule has 3 rings (SSSR count). The van der Waals surface area contributed by atoms with Crippen LogP contribution in [0, 0.1) is 0 Å². The second-order valence-electron chi connectivity index (χ2n) is 6.25. The first-order chi connectivity index (χ1) is 14.5. The first-order valence-corrected chi connectivity index (χ1v) is 8.91. The number of carbonyl (C=O) groups excluding carboxylic acids is 2. The van der Waals surface area contributed by atoms with Gasteiger partial charge in [0.05, 0.1) is 17.8 Å². The maximum atomic E-state index is 12.3. The molecule has 0 unspecified atom stereocenters. The van der Waals surface area contributed by atoms with E-state index in [1.165, 1.54) is 12.4 Å². The van der Waals surface area contributed by atoms with Crippen LogP contribution in [0.15, 0.2) is 65.8 Å². The lowest BCUT2D eigenvalue weighted by Gasteiger charge is -2.12. The molecule has 0 aliphatic carbocycles. The van der Waals surface area contributed by atoms with E-state index in [4.69, 9.17) is 5.84 Å². The topological polar surface area (TPSA) is 146 Å². The van der Waals surface area contributed by atoms with E-state index in [0.29, 0.717) is 16.6 Å². The summed E-state index contributed by atoms with van der Waals surface area (Å²) < 4.78 is 0. The van der Waals surface area contributed by atoms with Gasteiger partial charge in [-0.05, 0) is 35.0 Å². The minimum atomic E-state index is -1.16. The summed E-state index contributed by atoms with van der Waals surface area (Å²) in [5.74, 6) is 2.86. The number of nitrogens with one attached hydrogen (secondary N) is 3. The van der Waals surface area contributed by atoms with Crippen LogP contribution in [0.2, 0.25) is 0 Å². The summed E-state index contributed by atoms with van der Waals surface area (Å²) in [7, 11) is 0. The van der Waals surface area contributed by atoms with Crippen molar-refractivity contribution in [2.45, 2.75) is 0 Å². The zero-order chi connectivity index (χ0) is 21.5. The SMILES string of the molecule is NN=CNc1cccc(C(=O)NCC(=O)Nc2ccc3ccccc3c2C(=O)O)c1. The molecule has 0 fully saturated rings. The number of hydrazone groups is 1. The second-order valence-corrected chi connectivity index (χ2v) is 6.25. The van der Waals surface area contributed by atoms with Crippen molar-refractivity contribution in [3.8, 4) is 0 Å². The molecule has 0 radical (unpaired) electrons. The number of carboxylic acid groups (broad SMARTS) is 1. The summed E-state index contributed by atoms with van der Waals surface area (Å²) in [6, 6.07) is 16.8. The number of nitrogens with zero attached hydrogens (tertiary/aromatic N) is 1. The first-order valence-electron chi connectivity index (χ1n) is 8.91. The van der Waals surface area contributed by atoms with E-state index >= 15 is 0 Å². The molecule has 0 saturated carbocycles. The predicted octanol–water partition coefficient (Wildman–Crippen LogP) is 2.22. The van der Waals surface area contributed by atoms with Gasteiger partial charge in [-0.2, -0.15) is 5.10 Å². The lowest BCUT2D eigenvalue weighted by Crippen LogP contribution is -2.33. The number of carboxylic acids is 1. The van der Waals surface area contributed by atoms with Crippen molar-refractivity contribution in [1.82, 2.24) is 5.32 Å². The molecule has 9 heteroatoms. The molecule has 0 aliphatic rings. The second kappa shape index (κ2) is 9.20. The number of carbonyl (C=O) groups is 3. The smallest absolute Gasteiger partial charge is 0.338 e. The van der Waals surface area contributed by atoms with Crippen molar-refractivity contribution in [3.05, 3.63) is 71.8 Å². The molecule has 152 valence electrons. The minimum Gasteiger partial charge on any atom is -0.478 e. The van der Waals surface area contributed by atoms with Crippen LogP contribution in [-0.2, 0) is 4.79 Å². The minimum absolute atomic E-state index is 0.00637. The van der Waals surface area contributed by atoms with Crippen molar-refractivity contribution in [1.29, 1.82) is 0 Å². The van der Waals surface area contributed by atoms with Gasteiger partial charge in [0.1, 0.15) is 6.34 Å². The summed E-state index contributed by atoms with van der Waals surface area (Å²) in [6.07, 6.45) is 1.27. The number of hydrogen-bond acceptors (Lipinski definition) is 5. The van der Waals surface area contributed by atoms with Crippen LogP contribution in [0.1, 0.15) is 20.7 Å². The summed E-state index contributed by atoms with van der Waals surface area (Å²) in [6.45, 7) is -0.327. The standard InChI is InChI=1S/C21H19N5O4/c22-25-12-24-15-6-3-5-14(10-15)20(28)23-11-18(27)26-17-9-8-13-4-1-2-7-16(13)19(17)21(29)30/h1-10,12H,11,22H2,(H,23,28)(H,24,25)(H,26,27)(H,29,30). The van der Waals surface area contributed by atoms with Crippen molar-refractivity contribution < 1.29 is 19.5 Å². The summed E-state index contributed by atoms with van der Waals surface area (Å²) in [4.78, 5) is 36.3. The predicted molar refractivity (Wildman–Crippen MR) is 115 cm³/mol. The molecule has 0 aliphatic heterocycles. The average Bonchev–Trinajstić information content (AvgIpc) is 2.75. The van der Waals surface area contributed by atoms with E-state index < -0.39 is 17.8 Å². The van der Waals surface area contributed by atoms with Gasteiger partial charge in [-0.15, -0.1) is 0 Å². The maximum absolute atomic E-state index is 12.3. The van der Waals surface area contributed by atoms with Crippen LogP contribution in [0.25, 0.3) is 10.8 Å². The van der Waals surface area contributed by atoms with Crippen LogP contribution >= 0.6 is 0 Å². The van der Waals surface area contributed by atoms with Gasteiger partial charge in [0.15, 0.2) is 0 Å². The third-order valence-electron chi connectivity index (χ3n) is 4.26. The molecule has 0 saturated heterocycles. The average molecular weight is 405 g/mol. The van der Waals surface area contributed by atoms with Gasteiger partial charge >= 0.3 is 5.97 Å². The highest BCUT2D eigenvalue weighted by Crippen LogP contribution is 2.26. The van der Waals surface area contributed by atoms with Crippen molar-refractivity contribution in [3.63, 3.8) is 0 Å². The number of anilines is 2. The Balaban J connectivity index is 1.68. The normalized spacial score (nSPS) is 10.7. The highest BCUT2D eigenvalue weighted by Gasteiger charge is 2.17. The Morgan fingerprint density at radius 2 is 1.83 bits per heavy atom. The van der Waals surface area contributed by atoms with E-state index in [-0.39, 0.29) is 17.8 Å². The fourth-order valence-electron chi connectivity index (χ4n) is 2.93. The number of nitrogens with two attached hydrogens (primary N) is 1. The number of aromatic carboxylic acids is 1. The molecular weight excluding hydrogens is 386 g/mol. The monoisotopic (exact) mass is 405 g/mol. The molecule has 9 nitrogen and oxygen atoms in total. The van der Waals surface area contributed by atoms with Gasteiger partial charge in [-0.1, -0.05) is 36.4 Å². The van der Waals surface area contributed by atoms with Crippen LogP contribution < -0.4 is 21.8 Å². The molecule has 0 atom stereocenters. The third kappa shape index (κ3) is 4.71. The lowest BCUT2D eigenvalue weighted by molar-refractivity contribution is -0.115. The Labute approximate surface area is 171 Å². The van der Waals surface area contributed by atoms with Crippen LogP contribution in [0.5, 0.6) is 0 Å². The molecular formula is C21H19N5O4. The Morgan fingerprint density at radius 3 is 2.60 bits per heavy atom. The molecule has 2 amide bonds. The number of hydrogen-bond donors (Lipinski definition) is 5. The molecule has 0 aromatic heterocycles.